The third-order valence-corrected chi connectivity index (χ3v) is 5.15. The van der Waals surface area contributed by atoms with Crippen molar-refractivity contribution in [2.24, 2.45) is 0 Å². The maximum absolute atomic E-state index is 10.3. The SMILES string of the molecule is C=CCn1c(SCC(O)CN2CCOCC2)nnc1-c1ccccc1. The summed E-state index contributed by atoms with van der Waals surface area (Å²) in [5.41, 5.74) is 1.03. The molecule has 25 heavy (non-hydrogen) atoms. The number of aliphatic hydroxyl groups is 1. The Morgan fingerprint density at radius 1 is 1.24 bits per heavy atom. The molecular formula is C18H24N4O2S. The molecular weight excluding hydrogens is 336 g/mol. The minimum absolute atomic E-state index is 0.405. The Hall–Kier alpha value is -1.67. The Bertz CT molecular complexity index is 671. The van der Waals surface area contributed by atoms with Gasteiger partial charge in [0.05, 0.1) is 19.3 Å². The molecule has 6 nitrogen and oxygen atoms in total. The molecule has 1 aromatic carbocycles. The van der Waals surface area contributed by atoms with Gasteiger partial charge in [-0.3, -0.25) is 9.47 Å². The first kappa shape index (κ1) is 18.1. The highest BCUT2D eigenvalue weighted by Crippen LogP contribution is 2.24. The van der Waals surface area contributed by atoms with Gasteiger partial charge in [-0.15, -0.1) is 16.8 Å². The van der Waals surface area contributed by atoms with Gasteiger partial charge in [0.2, 0.25) is 0 Å². The maximum atomic E-state index is 10.3. The molecule has 7 heteroatoms. The Labute approximate surface area is 152 Å². The lowest BCUT2D eigenvalue weighted by Gasteiger charge is -2.28. The number of aromatic nitrogens is 3. The van der Waals surface area contributed by atoms with E-state index in [0.717, 1.165) is 42.8 Å². The summed E-state index contributed by atoms with van der Waals surface area (Å²) in [6, 6.07) is 9.99. The Morgan fingerprint density at radius 3 is 2.72 bits per heavy atom. The van der Waals surface area contributed by atoms with Crippen molar-refractivity contribution < 1.29 is 9.84 Å². The average Bonchev–Trinajstić information content (AvgIpc) is 3.05. The number of morpholine rings is 1. The van der Waals surface area contributed by atoms with Crippen molar-refractivity contribution in [1.29, 1.82) is 0 Å². The van der Waals surface area contributed by atoms with E-state index in [1.54, 1.807) is 0 Å². The molecule has 0 saturated carbocycles. The normalized spacial score (nSPS) is 16.7. The maximum Gasteiger partial charge on any atom is 0.191 e. The largest absolute Gasteiger partial charge is 0.391 e. The minimum atomic E-state index is -0.405. The standard InChI is InChI=1S/C18H24N4O2S/c1-2-8-22-17(15-6-4-3-5-7-15)19-20-18(22)25-14-16(23)13-21-9-11-24-12-10-21/h2-7,16,23H,1,8-14H2. The summed E-state index contributed by atoms with van der Waals surface area (Å²) in [4.78, 5) is 2.23. The summed E-state index contributed by atoms with van der Waals surface area (Å²) in [6.45, 7) is 8.38. The molecule has 0 radical (unpaired) electrons. The van der Waals surface area contributed by atoms with Gasteiger partial charge in [0.25, 0.3) is 0 Å². The average molecular weight is 360 g/mol. The molecule has 1 aliphatic heterocycles. The van der Waals surface area contributed by atoms with E-state index in [9.17, 15) is 5.11 Å². The molecule has 0 spiro atoms. The molecule has 3 rings (SSSR count). The first-order valence-electron chi connectivity index (χ1n) is 8.48. The molecule has 0 amide bonds. The summed E-state index contributed by atoms with van der Waals surface area (Å²) in [7, 11) is 0. The molecule has 134 valence electrons. The quantitative estimate of drug-likeness (QED) is 0.573. The summed E-state index contributed by atoms with van der Waals surface area (Å²) in [5.74, 6) is 1.41. The minimum Gasteiger partial charge on any atom is -0.391 e. The van der Waals surface area contributed by atoms with Crippen LogP contribution in [-0.4, -0.2) is 69.5 Å². The van der Waals surface area contributed by atoms with Crippen molar-refractivity contribution in [3.63, 3.8) is 0 Å². The van der Waals surface area contributed by atoms with Crippen LogP contribution in [0.2, 0.25) is 0 Å². The first-order valence-corrected chi connectivity index (χ1v) is 9.47. The van der Waals surface area contributed by atoms with Crippen LogP contribution in [-0.2, 0) is 11.3 Å². The zero-order chi connectivity index (χ0) is 17.5. The van der Waals surface area contributed by atoms with E-state index < -0.39 is 6.10 Å². The van der Waals surface area contributed by atoms with E-state index in [0.29, 0.717) is 18.8 Å². The molecule has 1 atom stereocenters. The number of ether oxygens (including phenoxy) is 1. The number of β-amino-alcohol motifs (C(OH)–C–C–N with tert-alkyl or cyclic N) is 1. The van der Waals surface area contributed by atoms with Crippen molar-refractivity contribution in [3.05, 3.63) is 43.0 Å². The number of benzene rings is 1. The fraction of sp³-hybridized carbons (Fsp3) is 0.444. The highest BCUT2D eigenvalue weighted by atomic mass is 32.2. The lowest BCUT2D eigenvalue weighted by Crippen LogP contribution is -2.41. The van der Waals surface area contributed by atoms with Crippen LogP contribution in [0.25, 0.3) is 11.4 Å². The van der Waals surface area contributed by atoms with Gasteiger partial charge in [0.1, 0.15) is 0 Å². The predicted molar refractivity (Wildman–Crippen MR) is 99.6 cm³/mol. The van der Waals surface area contributed by atoms with Crippen LogP contribution in [0.4, 0.5) is 0 Å². The molecule has 2 aromatic rings. The van der Waals surface area contributed by atoms with E-state index >= 15 is 0 Å². The van der Waals surface area contributed by atoms with Crippen LogP contribution < -0.4 is 0 Å². The third-order valence-electron chi connectivity index (χ3n) is 4.04. The Morgan fingerprint density at radius 2 is 2.00 bits per heavy atom. The summed E-state index contributed by atoms with van der Waals surface area (Å²) >= 11 is 1.53. The molecule has 1 N–H and O–H groups in total. The van der Waals surface area contributed by atoms with Crippen LogP contribution in [0.5, 0.6) is 0 Å². The van der Waals surface area contributed by atoms with Crippen molar-refractivity contribution in [2.45, 2.75) is 17.8 Å². The molecule has 1 aliphatic rings. The van der Waals surface area contributed by atoms with Crippen molar-refractivity contribution in [3.8, 4) is 11.4 Å². The van der Waals surface area contributed by atoms with Crippen LogP contribution in [0.1, 0.15) is 0 Å². The van der Waals surface area contributed by atoms with Gasteiger partial charge in [0.15, 0.2) is 11.0 Å². The van der Waals surface area contributed by atoms with E-state index in [2.05, 4.69) is 21.7 Å². The number of aliphatic hydroxyl groups excluding tert-OH is 1. The smallest absolute Gasteiger partial charge is 0.191 e. The zero-order valence-electron chi connectivity index (χ0n) is 14.3. The Kier molecular flexibility index (Phi) is 6.63. The van der Waals surface area contributed by atoms with Crippen LogP contribution in [0.15, 0.2) is 48.1 Å². The number of hydrogen-bond donors (Lipinski definition) is 1. The topological polar surface area (TPSA) is 63.4 Å². The number of rotatable bonds is 8. The summed E-state index contributed by atoms with van der Waals surface area (Å²) in [5, 5.41) is 19.8. The highest BCUT2D eigenvalue weighted by Gasteiger charge is 2.18. The predicted octanol–water partition coefficient (Wildman–Crippen LogP) is 1.92. The third kappa shape index (κ3) is 4.92. The van der Waals surface area contributed by atoms with Gasteiger partial charge < -0.3 is 9.84 Å². The number of nitrogens with zero attached hydrogens (tertiary/aromatic N) is 4. The van der Waals surface area contributed by atoms with E-state index in [1.165, 1.54) is 11.8 Å². The lowest BCUT2D eigenvalue weighted by molar-refractivity contribution is 0.0188. The molecule has 0 bridgehead atoms. The van der Waals surface area contributed by atoms with Crippen LogP contribution >= 0.6 is 11.8 Å². The first-order chi connectivity index (χ1) is 12.3. The van der Waals surface area contributed by atoms with Gasteiger partial charge in [-0.05, 0) is 0 Å². The van der Waals surface area contributed by atoms with Crippen LogP contribution in [0, 0.1) is 0 Å². The van der Waals surface area contributed by atoms with Crippen LogP contribution in [0.3, 0.4) is 0 Å². The van der Waals surface area contributed by atoms with E-state index in [-0.39, 0.29) is 0 Å². The van der Waals surface area contributed by atoms with Gasteiger partial charge in [-0.1, -0.05) is 48.2 Å². The number of thioether (sulfide) groups is 1. The van der Waals surface area contributed by atoms with Gasteiger partial charge in [-0.25, -0.2) is 0 Å². The number of hydrogen-bond acceptors (Lipinski definition) is 6. The second-order valence-electron chi connectivity index (χ2n) is 5.95. The molecule has 1 unspecified atom stereocenters. The molecule has 1 fully saturated rings. The molecule has 0 aliphatic carbocycles. The van der Waals surface area contributed by atoms with Crippen molar-refractivity contribution >= 4 is 11.8 Å². The fourth-order valence-corrected chi connectivity index (χ4v) is 3.66. The van der Waals surface area contributed by atoms with Gasteiger partial charge in [-0.2, -0.15) is 0 Å². The fourth-order valence-electron chi connectivity index (χ4n) is 2.80. The molecule has 2 heterocycles. The molecule has 1 aromatic heterocycles. The Balaban J connectivity index is 1.63. The summed E-state index contributed by atoms with van der Waals surface area (Å²) < 4.78 is 7.37. The second-order valence-corrected chi connectivity index (χ2v) is 6.94. The van der Waals surface area contributed by atoms with E-state index in [1.807, 2.05) is 41.0 Å². The molecule has 1 saturated heterocycles. The van der Waals surface area contributed by atoms with Gasteiger partial charge in [0, 0.05) is 37.5 Å². The lowest BCUT2D eigenvalue weighted by atomic mass is 10.2. The van der Waals surface area contributed by atoms with Gasteiger partial charge >= 0.3 is 0 Å². The van der Waals surface area contributed by atoms with Crippen molar-refractivity contribution in [1.82, 2.24) is 19.7 Å². The van der Waals surface area contributed by atoms with Crippen molar-refractivity contribution in [2.75, 3.05) is 38.6 Å². The monoisotopic (exact) mass is 360 g/mol. The second kappa shape index (κ2) is 9.15. The zero-order valence-corrected chi connectivity index (χ0v) is 15.1. The summed E-state index contributed by atoms with van der Waals surface area (Å²) in [6.07, 6.45) is 1.43. The highest BCUT2D eigenvalue weighted by molar-refractivity contribution is 7.99. The number of allylic oxidation sites excluding steroid dienone is 1. The van der Waals surface area contributed by atoms with E-state index in [4.69, 9.17) is 4.74 Å².